The standard InChI is InChI=1S/C7H17NO5/c1-4(8)7(12)13-6(3-10)5(11)2-9/h4-7,9-12H,2-3,8H2,1H3/t4?,5-,6?,7?/m1/s1. The Kier molecular flexibility index (Phi) is 6.13. The molecule has 0 saturated carbocycles. The van der Waals surface area contributed by atoms with Crippen LogP contribution in [0.1, 0.15) is 6.92 Å². The van der Waals surface area contributed by atoms with Gasteiger partial charge in [0.15, 0.2) is 6.29 Å². The van der Waals surface area contributed by atoms with Crippen LogP contribution in [0.4, 0.5) is 0 Å². The lowest BCUT2D eigenvalue weighted by atomic mass is 10.2. The number of hydrogen-bond donors (Lipinski definition) is 5. The third-order valence-electron chi connectivity index (χ3n) is 1.56. The number of aliphatic hydroxyl groups is 4. The second-order valence-corrected chi connectivity index (χ2v) is 2.86. The zero-order valence-corrected chi connectivity index (χ0v) is 7.50. The first-order valence-corrected chi connectivity index (χ1v) is 4.01. The fourth-order valence-corrected chi connectivity index (χ4v) is 0.676. The molecule has 0 aliphatic heterocycles. The van der Waals surface area contributed by atoms with E-state index in [0.717, 1.165) is 0 Å². The lowest BCUT2D eigenvalue weighted by Crippen LogP contribution is -2.43. The molecule has 13 heavy (non-hydrogen) atoms. The molecule has 0 bridgehead atoms. The molecule has 0 saturated heterocycles. The van der Waals surface area contributed by atoms with E-state index in [2.05, 4.69) is 0 Å². The summed E-state index contributed by atoms with van der Waals surface area (Å²) in [5.74, 6) is 0. The van der Waals surface area contributed by atoms with E-state index in [9.17, 15) is 0 Å². The molecule has 6 nitrogen and oxygen atoms in total. The molecule has 0 rings (SSSR count). The van der Waals surface area contributed by atoms with Crippen LogP contribution in [0.3, 0.4) is 0 Å². The first-order chi connectivity index (χ1) is 6.02. The minimum absolute atomic E-state index is 0.495. The molecule has 0 amide bonds. The van der Waals surface area contributed by atoms with Crippen molar-refractivity contribution >= 4 is 0 Å². The molecule has 0 aliphatic rings. The van der Waals surface area contributed by atoms with Crippen molar-refractivity contribution < 1.29 is 25.2 Å². The quantitative estimate of drug-likeness (QED) is 0.296. The maximum absolute atomic E-state index is 9.12. The van der Waals surface area contributed by atoms with Gasteiger partial charge in [0.1, 0.15) is 12.2 Å². The second kappa shape index (κ2) is 6.25. The zero-order chi connectivity index (χ0) is 10.4. The molecule has 0 aromatic carbocycles. The third-order valence-corrected chi connectivity index (χ3v) is 1.56. The minimum Gasteiger partial charge on any atom is -0.394 e. The average Bonchev–Trinajstić information content (AvgIpc) is 2.12. The van der Waals surface area contributed by atoms with Crippen LogP contribution in [0.15, 0.2) is 0 Å². The van der Waals surface area contributed by atoms with Crippen molar-refractivity contribution in [3.63, 3.8) is 0 Å². The van der Waals surface area contributed by atoms with Gasteiger partial charge in [-0.1, -0.05) is 0 Å². The number of ether oxygens (including phenoxy) is 1. The lowest BCUT2D eigenvalue weighted by molar-refractivity contribution is -0.186. The van der Waals surface area contributed by atoms with Crippen LogP contribution < -0.4 is 5.73 Å². The Hall–Kier alpha value is -0.240. The number of hydrogen-bond acceptors (Lipinski definition) is 6. The van der Waals surface area contributed by atoms with Crippen molar-refractivity contribution in [1.29, 1.82) is 0 Å². The zero-order valence-electron chi connectivity index (χ0n) is 7.50. The Bertz CT molecular complexity index is 132. The molecule has 80 valence electrons. The molecular weight excluding hydrogens is 178 g/mol. The Morgan fingerprint density at radius 3 is 2.08 bits per heavy atom. The van der Waals surface area contributed by atoms with E-state index in [1.807, 2.05) is 0 Å². The fraction of sp³-hybridized carbons (Fsp3) is 1.00. The monoisotopic (exact) mass is 195 g/mol. The fourth-order valence-electron chi connectivity index (χ4n) is 0.676. The molecule has 0 fully saturated rings. The highest BCUT2D eigenvalue weighted by atomic mass is 16.6. The molecule has 0 aliphatic carbocycles. The predicted octanol–water partition coefficient (Wildman–Crippen LogP) is -2.62. The van der Waals surface area contributed by atoms with Gasteiger partial charge < -0.3 is 30.9 Å². The molecule has 4 atom stereocenters. The predicted molar refractivity (Wildman–Crippen MR) is 44.7 cm³/mol. The van der Waals surface area contributed by atoms with Crippen LogP contribution >= 0.6 is 0 Å². The summed E-state index contributed by atoms with van der Waals surface area (Å²) >= 11 is 0. The summed E-state index contributed by atoms with van der Waals surface area (Å²) in [4.78, 5) is 0. The van der Waals surface area contributed by atoms with Gasteiger partial charge in [0.25, 0.3) is 0 Å². The highest BCUT2D eigenvalue weighted by Gasteiger charge is 2.23. The Labute approximate surface area is 76.6 Å². The topological polar surface area (TPSA) is 116 Å². The van der Waals surface area contributed by atoms with Gasteiger partial charge in [-0.15, -0.1) is 0 Å². The van der Waals surface area contributed by atoms with Crippen LogP contribution in [0.2, 0.25) is 0 Å². The van der Waals surface area contributed by atoms with Crippen LogP contribution in [-0.4, -0.2) is 58.2 Å². The number of nitrogens with two attached hydrogens (primary N) is 1. The smallest absolute Gasteiger partial charge is 0.170 e. The summed E-state index contributed by atoms with van der Waals surface area (Å²) in [7, 11) is 0. The number of rotatable bonds is 6. The summed E-state index contributed by atoms with van der Waals surface area (Å²) in [6.07, 6.45) is -3.51. The van der Waals surface area contributed by atoms with Crippen LogP contribution in [0.5, 0.6) is 0 Å². The van der Waals surface area contributed by atoms with E-state index in [1.54, 1.807) is 0 Å². The maximum atomic E-state index is 9.12. The first kappa shape index (κ1) is 12.8. The summed E-state index contributed by atoms with van der Waals surface area (Å²) in [5, 5.41) is 35.4. The molecule has 0 heterocycles. The second-order valence-electron chi connectivity index (χ2n) is 2.86. The summed E-state index contributed by atoms with van der Waals surface area (Å²) in [6.45, 7) is 0.479. The molecule has 0 aromatic heterocycles. The highest BCUT2D eigenvalue weighted by Crippen LogP contribution is 2.03. The molecule has 3 unspecified atom stereocenters. The van der Waals surface area contributed by atoms with Gasteiger partial charge in [-0.3, -0.25) is 0 Å². The third kappa shape index (κ3) is 4.51. The van der Waals surface area contributed by atoms with E-state index in [0.29, 0.717) is 0 Å². The Morgan fingerprint density at radius 2 is 1.77 bits per heavy atom. The van der Waals surface area contributed by atoms with Crippen molar-refractivity contribution in [2.45, 2.75) is 31.5 Å². The molecular formula is C7H17NO5. The van der Waals surface area contributed by atoms with Crippen molar-refractivity contribution in [2.75, 3.05) is 13.2 Å². The molecule has 6 heteroatoms. The van der Waals surface area contributed by atoms with E-state index in [1.165, 1.54) is 6.92 Å². The van der Waals surface area contributed by atoms with E-state index < -0.39 is 37.8 Å². The average molecular weight is 195 g/mol. The maximum Gasteiger partial charge on any atom is 0.170 e. The van der Waals surface area contributed by atoms with Crippen molar-refractivity contribution in [3.05, 3.63) is 0 Å². The van der Waals surface area contributed by atoms with E-state index in [4.69, 9.17) is 30.9 Å². The lowest BCUT2D eigenvalue weighted by Gasteiger charge is -2.24. The van der Waals surface area contributed by atoms with Gasteiger partial charge in [0.2, 0.25) is 0 Å². The normalized spacial score (nSPS) is 20.8. The summed E-state index contributed by atoms with van der Waals surface area (Å²) < 4.78 is 4.78. The highest BCUT2D eigenvalue weighted by molar-refractivity contribution is 4.69. The van der Waals surface area contributed by atoms with Gasteiger partial charge in [-0.25, -0.2) is 0 Å². The summed E-state index contributed by atoms with van der Waals surface area (Å²) in [6, 6.07) is -0.625. The van der Waals surface area contributed by atoms with E-state index >= 15 is 0 Å². The molecule has 0 aromatic rings. The van der Waals surface area contributed by atoms with Crippen molar-refractivity contribution in [2.24, 2.45) is 5.73 Å². The van der Waals surface area contributed by atoms with Crippen LogP contribution in [-0.2, 0) is 4.74 Å². The Morgan fingerprint density at radius 1 is 1.23 bits per heavy atom. The van der Waals surface area contributed by atoms with Gasteiger partial charge in [0.05, 0.1) is 19.3 Å². The Balaban J connectivity index is 3.97. The largest absolute Gasteiger partial charge is 0.394 e. The number of aliphatic hydroxyl groups excluding tert-OH is 4. The van der Waals surface area contributed by atoms with Crippen molar-refractivity contribution in [3.8, 4) is 0 Å². The SMILES string of the molecule is CC(N)C(O)OC(CO)[C@H](O)CO. The van der Waals surface area contributed by atoms with Crippen molar-refractivity contribution in [1.82, 2.24) is 0 Å². The van der Waals surface area contributed by atoms with Gasteiger partial charge in [0, 0.05) is 0 Å². The molecule has 6 N–H and O–H groups in total. The minimum atomic E-state index is -1.27. The van der Waals surface area contributed by atoms with Gasteiger partial charge in [-0.05, 0) is 6.92 Å². The molecule has 0 radical (unpaired) electrons. The van der Waals surface area contributed by atoms with Crippen LogP contribution in [0, 0.1) is 0 Å². The first-order valence-electron chi connectivity index (χ1n) is 4.01. The van der Waals surface area contributed by atoms with Crippen LogP contribution in [0.25, 0.3) is 0 Å². The van der Waals surface area contributed by atoms with Gasteiger partial charge >= 0.3 is 0 Å². The van der Waals surface area contributed by atoms with Gasteiger partial charge in [-0.2, -0.15) is 0 Å². The molecule has 0 spiro atoms. The van der Waals surface area contributed by atoms with E-state index in [-0.39, 0.29) is 0 Å². The summed E-state index contributed by atoms with van der Waals surface area (Å²) in [5.41, 5.74) is 5.28.